The Balaban J connectivity index is 1.68. The van der Waals surface area contributed by atoms with Gasteiger partial charge in [-0.05, 0) is 48.9 Å². The van der Waals surface area contributed by atoms with E-state index in [4.69, 9.17) is 0 Å². The molecule has 1 fully saturated rings. The van der Waals surface area contributed by atoms with E-state index >= 15 is 0 Å². The molecule has 2 heteroatoms. The Kier molecular flexibility index (Phi) is 2.17. The van der Waals surface area contributed by atoms with E-state index in [1.54, 1.807) is 6.07 Å². The van der Waals surface area contributed by atoms with Crippen molar-refractivity contribution in [2.45, 2.75) is 44.2 Å². The second kappa shape index (κ2) is 3.53. The van der Waals surface area contributed by atoms with Gasteiger partial charge in [0.15, 0.2) is 0 Å². The van der Waals surface area contributed by atoms with Gasteiger partial charge in [-0.1, -0.05) is 12.5 Å². The average molecular weight is 203 g/mol. The maximum absolute atomic E-state index is 9.40. The van der Waals surface area contributed by atoms with E-state index in [1.807, 2.05) is 6.07 Å². The maximum Gasteiger partial charge on any atom is 0.115 e. The summed E-state index contributed by atoms with van der Waals surface area (Å²) >= 11 is 0. The Bertz CT molecular complexity index is 371. The lowest BCUT2D eigenvalue weighted by Gasteiger charge is -2.29. The Hall–Kier alpha value is -1.02. The molecule has 0 heterocycles. The smallest absolute Gasteiger partial charge is 0.115 e. The molecule has 2 aliphatic carbocycles. The summed E-state index contributed by atoms with van der Waals surface area (Å²) in [5.41, 5.74) is 2.73. The van der Waals surface area contributed by atoms with Crippen molar-refractivity contribution < 1.29 is 5.11 Å². The molecule has 0 saturated heterocycles. The Morgan fingerprint density at radius 3 is 2.60 bits per heavy atom. The molecule has 0 bridgehead atoms. The molecule has 2 aliphatic rings. The summed E-state index contributed by atoms with van der Waals surface area (Å²) in [5, 5.41) is 13.1. The highest BCUT2D eigenvalue weighted by Crippen LogP contribution is 2.28. The van der Waals surface area contributed by atoms with Crippen LogP contribution in [0.3, 0.4) is 0 Å². The van der Waals surface area contributed by atoms with Gasteiger partial charge in [-0.2, -0.15) is 0 Å². The van der Waals surface area contributed by atoms with E-state index < -0.39 is 0 Å². The molecule has 80 valence electrons. The van der Waals surface area contributed by atoms with Crippen LogP contribution >= 0.6 is 0 Å². The summed E-state index contributed by atoms with van der Waals surface area (Å²) in [7, 11) is 0. The van der Waals surface area contributed by atoms with Crippen LogP contribution in [0.2, 0.25) is 0 Å². The van der Waals surface area contributed by atoms with Crippen LogP contribution in [-0.4, -0.2) is 17.2 Å². The summed E-state index contributed by atoms with van der Waals surface area (Å²) < 4.78 is 0. The lowest BCUT2D eigenvalue weighted by atomic mass is 9.92. The molecule has 1 aromatic carbocycles. The van der Waals surface area contributed by atoms with Gasteiger partial charge in [0.1, 0.15) is 5.75 Å². The highest BCUT2D eigenvalue weighted by atomic mass is 16.3. The molecule has 0 aliphatic heterocycles. The minimum absolute atomic E-state index is 0.401. The number of phenols is 1. The van der Waals surface area contributed by atoms with Crippen LogP contribution in [0, 0.1) is 0 Å². The van der Waals surface area contributed by atoms with Crippen LogP contribution in [0.1, 0.15) is 30.4 Å². The van der Waals surface area contributed by atoms with E-state index in [2.05, 4.69) is 11.4 Å². The number of phenolic OH excluding ortho intramolecular Hbond substituents is 1. The van der Waals surface area contributed by atoms with Gasteiger partial charge in [0.25, 0.3) is 0 Å². The minimum atomic E-state index is 0.401. The van der Waals surface area contributed by atoms with Gasteiger partial charge in [-0.25, -0.2) is 0 Å². The van der Waals surface area contributed by atoms with Gasteiger partial charge < -0.3 is 10.4 Å². The largest absolute Gasteiger partial charge is 0.508 e. The molecule has 2 nitrogen and oxygen atoms in total. The first kappa shape index (κ1) is 9.22. The number of fused-ring (bicyclic) bond motifs is 1. The van der Waals surface area contributed by atoms with E-state index in [9.17, 15) is 5.11 Å². The Labute approximate surface area is 90.3 Å². The normalized spacial score (nSPS) is 24.9. The summed E-state index contributed by atoms with van der Waals surface area (Å²) in [5.74, 6) is 0.401. The highest BCUT2D eigenvalue weighted by Gasteiger charge is 2.26. The van der Waals surface area contributed by atoms with Gasteiger partial charge in [0.2, 0.25) is 0 Å². The molecule has 0 amide bonds. The Morgan fingerprint density at radius 1 is 1.07 bits per heavy atom. The maximum atomic E-state index is 9.40. The molecule has 3 rings (SSSR count). The number of benzene rings is 1. The highest BCUT2D eigenvalue weighted by molar-refractivity contribution is 5.39. The van der Waals surface area contributed by atoms with Gasteiger partial charge in [-0.3, -0.25) is 0 Å². The number of aromatic hydroxyl groups is 1. The molecular weight excluding hydrogens is 186 g/mol. The lowest BCUT2D eigenvalue weighted by molar-refractivity contribution is 0.306. The summed E-state index contributed by atoms with van der Waals surface area (Å²) in [6.45, 7) is 0. The van der Waals surface area contributed by atoms with Crippen LogP contribution < -0.4 is 5.32 Å². The molecule has 15 heavy (non-hydrogen) atoms. The molecule has 1 unspecified atom stereocenters. The van der Waals surface area contributed by atoms with Gasteiger partial charge in [0, 0.05) is 12.1 Å². The predicted molar refractivity (Wildman–Crippen MR) is 60.1 cm³/mol. The first-order chi connectivity index (χ1) is 7.31. The van der Waals surface area contributed by atoms with Crippen LogP contribution in [0.25, 0.3) is 0 Å². The average Bonchev–Trinajstić information content (AvgIpc) is 2.53. The third-order valence-corrected chi connectivity index (χ3v) is 3.70. The van der Waals surface area contributed by atoms with Crippen LogP contribution in [0.4, 0.5) is 0 Å². The van der Waals surface area contributed by atoms with Gasteiger partial charge >= 0.3 is 0 Å². The van der Waals surface area contributed by atoms with E-state index in [0.29, 0.717) is 11.8 Å². The monoisotopic (exact) mass is 203 g/mol. The molecule has 1 aromatic rings. The first-order valence-corrected chi connectivity index (χ1v) is 5.88. The summed E-state index contributed by atoms with van der Waals surface area (Å²) in [6, 6.07) is 7.14. The third-order valence-electron chi connectivity index (χ3n) is 3.70. The first-order valence-electron chi connectivity index (χ1n) is 5.88. The standard InChI is InChI=1S/C13H17NO/c15-13-5-4-9-6-12(7-10(9)8-13)14-11-2-1-3-11/h4-5,8,11-12,14-15H,1-3,6-7H2. The van der Waals surface area contributed by atoms with Crippen molar-refractivity contribution in [3.05, 3.63) is 29.3 Å². The number of rotatable bonds is 2. The van der Waals surface area contributed by atoms with Crippen LogP contribution in [0.15, 0.2) is 18.2 Å². The fourth-order valence-electron chi connectivity index (χ4n) is 2.63. The molecule has 1 saturated carbocycles. The van der Waals surface area contributed by atoms with Crippen molar-refractivity contribution in [2.24, 2.45) is 0 Å². The molecule has 0 aromatic heterocycles. The van der Waals surface area contributed by atoms with Crippen molar-refractivity contribution in [3.8, 4) is 5.75 Å². The number of nitrogens with one attached hydrogen (secondary N) is 1. The van der Waals surface area contributed by atoms with Crippen molar-refractivity contribution in [2.75, 3.05) is 0 Å². The topological polar surface area (TPSA) is 32.3 Å². The van der Waals surface area contributed by atoms with Crippen molar-refractivity contribution in [3.63, 3.8) is 0 Å². The molecular formula is C13H17NO. The lowest BCUT2D eigenvalue weighted by Crippen LogP contribution is -2.42. The van der Waals surface area contributed by atoms with E-state index in [-0.39, 0.29) is 0 Å². The fourth-order valence-corrected chi connectivity index (χ4v) is 2.63. The molecule has 0 spiro atoms. The minimum Gasteiger partial charge on any atom is -0.508 e. The fraction of sp³-hybridized carbons (Fsp3) is 0.538. The van der Waals surface area contributed by atoms with Crippen molar-refractivity contribution >= 4 is 0 Å². The van der Waals surface area contributed by atoms with Crippen molar-refractivity contribution in [1.82, 2.24) is 5.32 Å². The zero-order chi connectivity index (χ0) is 10.3. The van der Waals surface area contributed by atoms with Gasteiger partial charge in [0.05, 0.1) is 0 Å². The van der Waals surface area contributed by atoms with Gasteiger partial charge in [-0.15, -0.1) is 0 Å². The van der Waals surface area contributed by atoms with Crippen LogP contribution in [0.5, 0.6) is 5.75 Å². The second-order valence-electron chi connectivity index (χ2n) is 4.85. The number of hydrogen-bond donors (Lipinski definition) is 2. The second-order valence-corrected chi connectivity index (χ2v) is 4.85. The molecule has 1 atom stereocenters. The van der Waals surface area contributed by atoms with Crippen LogP contribution in [-0.2, 0) is 12.8 Å². The zero-order valence-corrected chi connectivity index (χ0v) is 8.87. The Morgan fingerprint density at radius 2 is 1.87 bits per heavy atom. The van der Waals surface area contributed by atoms with E-state index in [0.717, 1.165) is 18.9 Å². The zero-order valence-electron chi connectivity index (χ0n) is 8.87. The van der Waals surface area contributed by atoms with Crippen molar-refractivity contribution in [1.29, 1.82) is 0 Å². The third kappa shape index (κ3) is 1.74. The molecule has 0 radical (unpaired) electrons. The summed E-state index contributed by atoms with van der Waals surface area (Å²) in [6.07, 6.45) is 6.29. The number of hydrogen-bond acceptors (Lipinski definition) is 2. The molecule has 2 N–H and O–H groups in total. The summed E-state index contributed by atoms with van der Waals surface area (Å²) in [4.78, 5) is 0. The SMILES string of the molecule is Oc1ccc2c(c1)CC(NC1CCC1)C2. The van der Waals surface area contributed by atoms with E-state index in [1.165, 1.54) is 30.4 Å². The quantitative estimate of drug-likeness (QED) is 0.770. The predicted octanol–water partition coefficient (Wildman–Crippen LogP) is 2.00.